The summed E-state index contributed by atoms with van der Waals surface area (Å²) in [6, 6.07) is -0.257. The van der Waals surface area contributed by atoms with Crippen molar-refractivity contribution in [1.29, 1.82) is 0 Å². The second-order valence-electron chi connectivity index (χ2n) is 5.88. The minimum absolute atomic E-state index is 0.0179. The van der Waals surface area contributed by atoms with Crippen LogP contribution in [0.1, 0.15) is 26.2 Å². The highest BCUT2D eigenvalue weighted by molar-refractivity contribution is 5.86. The van der Waals surface area contributed by atoms with Gasteiger partial charge in [-0.25, -0.2) is 9.59 Å². The van der Waals surface area contributed by atoms with E-state index < -0.39 is 11.5 Å². The van der Waals surface area contributed by atoms with E-state index >= 15 is 0 Å². The molecule has 1 aliphatic heterocycles. The number of methoxy groups -OCH3 is 1. The molecular formula is C14H24N2O5. The minimum atomic E-state index is -1.30. The Morgan fingerprint density at radius 2 is 2.24 bits per heavy atom. The first-order valence-electron chi connectivity index (χ1n) is 7.39. The third-order valence-electron chi connectivity index (χ3n) is 4.37. The molecule has 1 heterocycles. The number of ether oxygens (including phenoxy) is 2. The first-order valence-corrected chi connectivity index (χ1v) is 7.39. The second kappa shape index (κ2) is 6.62. The van der Waals surface area contributed by atoms with Gasteiger partial charge in [0, 0.05) is 32.7 Å². The van der Waals surface area contributed by atoms with Crippen molar-refractivity contribution in [1.82, 2.24) is 10.2 Å². The van der Waals surface area contributed by atoms with Gasteiger partial charge in [0.2, 0.25) is 0 Å². The summed E-state index contributed by atoms with van der Waals surface area (Å²) in [6.45, 7) is 3.26. The number of carbonyl (C=O) groups excluding carboxylic acids is 1. The van der Waals surface area contributed by atoms with Gasteiger partial charge in [-0.15, -0.1) is 0 Å². The monoisotopic (exact) mass is 300 g/mol. The Morgan fingerprint density at radius 3 is 2.71 bits per heavy atom. The molecule has 0 aromatic rings. The summed E-state index contributed by atoms with van der Waals surface area (Å²) in [4.78, 5) is 25.7. The van der Waals surface area contributed by atoms with Crippen LogP contribution in [-0.4, -0.2) is 67.1 Å². The molecule has 21 heavy (non-hydrogen) atoms. The van der Waals surface area contributed by atoms with Crippen LogP contribution in [0.5, 0.6) is 0 Å². The van der Waals surface area contributed by atoms with Crippen molar-refractivity contribution >= 4 is 12.0 Å². The molecule has 2 rings (SSSR count). The third-order valence-corrected chi connectivity index (χ3v) is 4.37. The Bertz CT molecular complexity index is 391. The predicted molar refractivity (Wildman–Crippen MR) is 75.1 cm³/mol. The third kappa shape index (κ3) is 3.65. The van der Waals surface area contributed by atoms with E-state index in [1.165, 1.54) is 0 Å². The van der Waals surface area contributed by atoms with Crippen molar-refractivity contribution < 1.29 is 24.2 Å². The van der Waals surface area contributed by atoms with Crippen molar-refractivity contribution in [2.45, 2.75) is 37.8 Å². The number of carboxylic acid groups (broad SMARTS) is 1. The van der Waals surface area contributed by atoms with Crippen molar-refractivity contribution in [3.63, 3.8) is 0 Å². The van der Waals surface area contributed by atoms with Crippen molar-refractivity contribution in [2.75, 3.05) is 33.5 Å². The standard InChI is InChI=1S/C14H24N2O5/c1-10(11-3-4-11)16(6-8-20-2)13(19)15-14(12(17)18)5-7-21-9-14/h10-11H,3-9H2,1-2H3,(H,15,19)(H,17,18). The Kier molecular flexibility index (Phi) is 5.05. The van der Waals surface area contributed by atoms with Crippen molar-refractivity contribution in [3.8, 4) is 0 Å². The van der Waals surface area contributed by atoms with Gasteiger partial charge in [0.15, 0.2) is 5.54 Å². The Morgan fingerprint density at radius 1 is 1.52 bits per heavy atom. The number of amides is 2. The molecule has 0 aromatic heterocycles. The zero-order chi connectivity index (χ0) is 15.5. The summed E-state index contributed by atoms with van der Waals surface area (Å²) in [5.74, 6) is -0.535. The molecule has 0 bridgehead atoms. The number of rotatable bonds is 7. The lowest BCUT2D eigenvalue weighted by atomic mass is 9.99. The van der Waals surface area contributed by atoms with Crippen molar-refractivity contribution in [3.05, 3.63) is 0 Å². The molecule has 2 aliphatic rings. The fraction of sp³-hybridized carbons (Fsp3) is 0.857. The largest absolute Gasteiger partial charge is 0.479 e. The van der Waals surface area contributed by atoms with Crippen LogP contribution in [0.25, 0.3) is 0 Å². The van der Waals surface area contributed by atoms with Crippen LogP contribution in [0.4, 0.5) is 4.79 Å². The van der Waals surface area contributed by atoms with E-state index in [0.717, 1.165) is 12.8 Å². The van der Waals surface area contributed by atoms with Crippen LogP contribution in [0, 0.1) is 5.92 Å². The molecule has 1 aliphatic carbocycles. The highest BCUT2D eigenvalue weighted by Crippen LogP contribution is 2.35. The van der Waals surface area contributed by atoms with Crippen LogP contribution in [-0.2, 0) is 14.3 Å². The highest BCUT2D eigenvalue weighted by atomic mass is 16.5. The van der Waals surface area contributed by atoms with E-state index in [0.29, 0.717) is 32.1 Å². The lowest BCUT2D eigenvalue weighted by Gasteiger charge is -2.33. The lowest BCUT2D eigenvalue weighted by Crippen LogP contribution is -2.60. The number of hydrogen-bond donors (Lipinski definition) is 2. The number of hydrogen-bond acceptors (Lipinski definition) is 4. The SMILES string of the molecule is COCCN(C(=O)NC1(C(=O)O)CCOC1)C(C)C1CC1. The topological polar surface area (TPSA) is 88.1 Å². The molecule has 2 atom stereocenters. The van der Waals surface area contributed by atoms with Gasteiger partial charge in [0.1, 0.15) is 0 Å². The summed E-state index contributed by atoms with van der Waals surface area (Å²) in [6.07, 6.45) is 2.53. The smallest absolute Gasteiger partial charge is 0.332 e. The zero-order valence-electron chi connectivity index (χ0n) is 12.6. The molecule has 0 radical (unpaired) electrons. The van der Waals surface area contributed by atoms with Crippen molar-refractivity contribution in [2.24, 2.45) is 5.92 Å². The summed E-state index contributed by atoms with van der Waals surface area (Å²) < 4.78 is 10.2. The molecule has 1 saturated carbocycles. The molecule has 120 valence electrons. The van der Waals surface area contributed by atoms with Gasteiger partial charge in [-0.05, 0) is 25.7 Å². The molecule has 1 saturated heterocycles. The molecule has 7 heteroatoms. The first-order chi connectivity index (χ1) is 10.00. The van der Waals surface area contributed by atoms with E-state index in [1.807, 2.05) is 6.92 Å². The fourth-order valence-corrected chi connectivity index (χ4v) is 2.68. The normalized spacial score (nSPS) is 26.4. The van der Waals surface area contributed by atoms with Gasteiger partial charge in [-0.2, -0.15) is 0 Å². The molecule has 2 fully saturated rings. The molecule has 0 aromatic carbocycles. The number of carboxylic acids is 1. The molecule has 7 nitrogen and oxygen atoms in total. The van der Waals surface area contributed by atoms with E-state index in [9.17, 15) is 14.7 Å². The van der Waals surface area contributed by atoms with Crippen LogP contribution in [0.3, 0.4) is 0 Å². The van der Waals surface area contributed by atoms with Gasteiger partial charge in [0.25, 0.3) is 0 Å². The molecule has 2 unspecified atom stereocenters. The number of nitrogens with one attached hydrogen (secondary N) is 1. The molecule has 0 spiro atoms. The highest BCUT2D eigenvalue weighted by Gasteiger charge is 2.45. The van der Waals surface area contributed by atoms with E-state index in [4.69, 9.17) is 9.47 Å². The Balaban J connectivity index is 2.04. The average Bonchev–Trinajstić information content (AvgIpc) is 3.19. The fourth-order valence-electron chi connectivity index (χ4n) is 2.68. The maximum Gasteiger partial charge on any atom is 0.332 e. The van der Waals surface area contributed by atoms with E-state index in [2.05, 4.69) is 5.32 Å². The Labute approximate surface area is 124 Å². The van der Waals surface area contributed by atoms with Gasteiger partial charge >= 0.3 is 12.0 Å². The predicted octanol–water partition coefficient (Wildman–Crippen LogP) is 0.687. The summed E-state index contributed by atoms with van der Waals surface area (Å²) in [7, 11) is 1.58. The average molecular weight is 300 g/mol. The maximum absolute atomic E-state index is 12.5. The van der Waals surface area contributed by atoms with E-state index in [-0.39, 0.29) is 18.7 Å². The Hall–Kier alpha value is -1.34. The quantitative estimate of drug-likeness (QED) is 0.722. The maximum atomic E-state index is 12.5. The van der Waals surface area contributed by atoms with Gasteiger partial charge in [-0.1, -0.05) is 0 Å². The number of aliphatic carboxylic acids is 1. The second-order valence-corrected chi connectivity index (χ2v) is 5.88. The van der Waals surface area contributed by atoms with Gasteiger partial charge in [0.05, 0.1) is 13.2 Å². The number of urea groups is 1. The minimum Gasteiger partial charge on any atom is -0.479 e. The van der Waals surface area contributed by atoms with Crippen LogP contribution >= 0.6 is 0 Å². The van der Waals surface area contributed by atoms with Crippen LogP contribution in [0.2, 0.25) is 0 Å². The van der Waals surface area contributed by atoms with Crippen LogP contribution < -0.4 is 5.32 Å². The van der Waals surface area contributed by atoms with Crippen LogP contribution in [0.15, 0.2) is 0 Å². The van der Waals surface area contributed by atoms with E-state index in [1.54, 1.807) is 12.0 Å². The molecule has 2 amide bonds. The number of carbonyl (C=O) groups is 2. The summed E-state index contributed by atoms with van der Waals surface area (Å²) in [5, 5.41) is 12.1. The zero-order valence-corrected chi connectivity index (χ0v) is 12.6. The molecular weight excluding hydrogens is 276 g/mol. The first kappa shape index (κ1) is 16.0. The lowest BCUT2D eigenvalue weighted by molar-refractivity contribution is -0.144. The molecule has 2 N–H and O–H groups in total. The van der Waals surface area contributed by atoms with Gasteiger partial charge in [-0.3, -0.25) is 0 Å². The summed E-state index contributed by atoms with van der Waals surface area (Å²) >= 11 is 0. The number of nitrogens with zero attached hydrogens (tertiary/aromatic N) is 1. The summed E-state index contributed by atoms with van der Waals surface area (Å²) in [5.41, 5.74) is -1.30. The van der Waals surface area contributed by atoms with Gasteiger partial charge < -0.3 is 24.8 Å².